The van der Waals surface area contributed by atoms with Gasteiger partial charge in [-0.05, 0) is 31.4 Å². The van der Waals surface area contributed by atoms with Gasteiger partial charge in [-0.25, -0.2) is 8.42 Å². The van der Waals surface area contributed by atoms with E-state index < -0.39 is 10.0 Å². The number of piperidine rings is 1. The second-order valence-electron chi connectivity index (χ2n) is 5.45. The van der Waals surface area contributed by atoms with E-state index in [1.807, 2.05) is 6.07 Å². The Labute approximate surface area is 147 Å². The van der Waals surface area contributed by atoms with Gasteiger partial charge in [0.05, 0.1) is 0 Å². The van der Waals surface area contributed by atoms with E-state index in [4.69, 9.17) is 5.73 Å². The van der Waals surface area contributed by atoms with Crippen molar-refractivity contribution in [3.05, 3.63) is 17.0 Å². The molecule has 0 aromatic carbocycles. The first-order chi connectivity index (χ1) is 10.4. The van der Waals surface area contributed by atoms with Crippen molar-refractivity contribution in [2.45, 2.75) is 42.9 Å². The fourth-order valence-electron chi connectivity index (χ4n) is 2.63. The summed E-state index contributed by atoms with van der Waals surface area (Å²) in [5.41, 5.74) is 5.72. The van der Waals surface area contributed by atoms with Crippen molar-refractivity contribution in [1.82, 2.24) is 9.62 Å². The SMILES string of the molecule is CC(=O)NCCc1ccc(S(=O)(=O)N2CCCCC2CN)s1.Cl. The van der Waals surface area contributed by atoms with E-state index in [2.05, 4.69) is 5.32 Å². The molecule has 1 unspecified atom stereocenters. The molecule has 9 heteroatoms. The minimum atomic E-state index is -3.46. The molecule has 1 atom stereocenters. The molecule has 0 aliphatic carbocycles. The van der Waals surface area contributed by atoms with Crippen LogP contribution in [0, 0.1) is 0 Å². The lowest BCUT2D eigenvalue weighted by molar-refractivity contribution is -0.118. The number of nitrogens with two attached hydrogens (primary N) is 1. The van der Waals surface area contributed by atoms with Crippen LogP contribution in [0.1, 0.15) is 31.1 Å². The molecule has 2 heterocycles. The Morgan fingerprint density at radius 3 is 2.83 bits per heavy atom. The minimum Gasteiger partial charge on any atom is -0.356 e. The summed E-state index contributed by atoms with van der Waals surface area (Å²) in [6.07, 6.45) is 3.38. The van der Waals surface area contributed by atoms with Gasteiger partial charge in [0.15, 0.2) is 0 Å². The lowest BCUT2D eigenvalue weighted by Gasteiger charge is -2.33. The first-order valence-corrected chi connectivity index (χ1v) is 9.76. The van der Waals surface area contributed by atoms with Gasteiger partial charge < -0.3 is 11.1 Å². The Morgan fingerprint density at radius 1 is 1.43 bits per heavy atom. The van der Waals surface area contributed by atoms with Gasteiger partial charge in [0.25, 0.3) is 10.0 Å². The van der Waals surface area contributed by atoms with E-state index in [0.717, 1.165) is 24.1 Å². The van der Waals surface area contributed by atoms with Crippen LogP contribution in [0.2, 0.25) is 0 Å². The molecule has 2 rings (SSSR count). The monoisotopic (exact) mass is 381 g/mol. The van der Waals surface area contributed by atoms with E-state index in [1.165, 1.54) is 18.3 Å². The zero-order valence-electron chi connectivity index (χ0n) is 13.2. The maximum Gasteiger partial charge on any atom is 0.252 e. The molecule has 1 fully saturated rings. The first-order valence-electron chi connectivity index (χ1n) is 7.50. The lowest BCUT2D eigenvalue weighted by atomic mass is 10.1. The number of amides is 1. The van der Waals surface area contributed by atoms with Crippen molar-refractivity contribution in [1.29, 1.82) is 0 Å². The highest BCUT2D eigenvalue weighted by Gasteiger charge is 2.33. The molecule has 1 aliphatic rings. The predicted octanol–water partition coefficient (Wildman–Crippen LogP) is 1.35. The van der Waals surface area contributed by atoms with Crippen LogP contribution in [0.5, 0.6) is 0 Å². The molecule has 1 aromatic heterocycles. The molecule has 1 aromatic rings. The van der Waals surface area contributed by atoms with Crippen molar-refractivity contribution in [2.24, 2.45) is 5.73 Å². The predicted molar refractivity (Wildman–Crippen MR) is 94.5 cm³/mol. The molecule has 0 spiro atoms. The van der Waals surface area contributed by atoms with Crippen LogP contribution in [0.25, 0.3) is 0 Å². The van der Waals surface area contributed by atoms with Crippen LogP contribution in [0.3, 0.4) is 0 Å². The Hall–Kier alpha value is -0.670. The highest BCUT2D eigenvalue weighted by molar-refractivity contribution is 7.91. The van der Waals surface area contributed by atoms with Crippen LogP contribution in [-0.2, 0) is 21.2 Å². The smallest absolute Gasteiger partial charge is 0.252 e. The molecular formula is C14H24ClN3O3S2. The fourth-order valence-corrected chi connectivity index (χ4v) is 5.82. The van der Waals surface area contributed by atoms with Gasteiger partial charge in [0, 0.05) is 37.5 Å². The van der Waals surface area contributed by atoms with Gasteiger partial charge in [-0.2, -0.15) is 4.31 Å². The number of rotatable bonds is 6. The summed E-state index contributed by atoms with van der Waals surface area (Å²) in [7, 11) is -3.46. The number of carbonyl (C=O) groups is 1. The van der Waals surface area contributed by atoms with E-state index in [9.17, 15) is 13.2 Å². The number of carbonyl (C=O) groups excluding carboxylic acids is 1. The van der Waals surface area contributed by atoms with E-state index in [1.54, 1.807) is 10.4 Å². The lowest BCUT2D eigenvalue weighted by Crippen LogP contribution is -2.47. The third kappa shape index (κ3) is 5.15. The second kappa shape index (κ2) is 8.98. The van der Waals surface area contributed by atoms with Gasteiger partial charge in [-0.15, -0.1) is 23.7 Å². The van der Waals surface area contributed by atoms with Crippen molar-refractivity contribution < 1.29 is 13.2 Å². The summed E-state index contributed by atoms with van der Waals surface area (Å²) in [5, 5.41) is 2.71. The van der Waals surface area contributed by atoms with E-state index >= 15 is 0 Å². The van der Waals surface area contributed by atoms with E-state index in [-0.39, 0.29) is 24.4 Å². The van der Waals surface area contributed by atoms with Crippen LogP contribution in [-0.4, -0.2) is 44.3 Å². The van der Waals surface area contributed by atoms with Gasteiger partial charge in [-0.3, -0.25) is 4.79 Å². The normalized spacial score (nSPS) is 19.1. The van der Waals surface area contributed by atoms with Gasteiger partial charge >= 0.3 is 0 Å². The zero-order valence-corrected chi connectivity index (χ0v) is 15.6. The maximum atomic E-state index is 12.8. The largest absolute Gasteiger partial charge is 0.356 e. The maximum absolute atomic E-state index is 12.8. The molecular weight excluding hydrogens is 358 g/mol. The second-order valence-corrected chi connectivity index (χ2v) is 8.74. The molecule has 0 radical (unpaired) electrons. The first kappa shape index (κ1) is 20.4. The quantitative estimate of drug-likeness (QED) is 0.777. The number of nitrogens with one attached hydrogen (secondary N) is 1. The molecule has 3 N–H and O–H groups in total. The summed E-state index contributed by atoms with van der Waals surface area (Å²) in [6, 6.07) is 3.38. The van der Waals surface area contributed by atoms with Crippen molar-refractivity contribution in [3.63, 3.8) is 0 Å². The van der Waals surface area contributed by atoms with Gasteiger partial charge in [0.2, 0.25) is 5.91 Å². The summed E-state index contributed by atoms with van der Waals surface area (Å²) in [4.78, 5) is 11.8. The van der Waals surface area contributed by atoms with Gasteiger partial charge in [-0.1, -0.05) is 6.42 Å². The summed E-state index contributed by atoms with van der Waals surface area (Å²) in [6.45, 7) is 2.89. The molecule has 1 amide bonds. The van der Waals surface area contributed by atoms with Crippen molar-refractivity contribution in [2.75, 3.05) is 19.6 Å². The van der Waals surface area contributed by atoms with Crippen LogP contribution >= 0.6 is 23.7 Å². The molecule has 1 aliphatic heterocycles. The van der Waals surface area contributed by atoms with Crippen molar-refractivity contribution in [3.8, 4) is 0 Å². The molecule has 132 valence electrons. The molecule has 6 nitrogen and oxygen atoms in total. The van der Waals surface area contributed by atoms with Crippen LogP contribution in [0.15, 0.2) is 16.3 Å². The zero-order chi connectivity index (χ0) is 16.2. The summed E-state index contributed by atoms with van der Waals surface area (Å²) < 4.78 is 27.4. The van der Waals surface area contributed by atoms with Crippen LogP contribution < -0.4 is 11.1 Å². The van der Waals surface area contributed by atoms with Gasteiger partial charge in [0.1, 0.15) is 4.21 Å². The number of hydrogen-bond acceptors (Lipinski definition) is 5. The fraction of sp³-hybridized carbons (Fsp3) is 0.643. The Kier molecular flexibility index (Phi) is 7.96. The Bertz CT molecular complexity index is 619. The number of sulfonamides is 1. The average Bonchev–Trinajstić information content (AvgIpc) is 2.96. The summed E-state index contributed by atoms with van der Waals surface area (Å²) in [5.74, 6) is -0.0801. The third-order valence-corrected chi connectivity index (χ3v) is 7.35. The molecule has 1 saturated heterocycles. The number of halogens is 1. The standard InChI is InChI=1S/C14H23N3O3S2.ClH/c1-11(18)16-8-7-13-5-6-14(21-13)22(19,20)17-9-3-2-4-12(17)10-15;/h5-6,12H,2-4,7-10,15H2,1H3,(H,16,18);1H. The highest BCUT2D eigenvalue weighted by atomic mass is 35.5. The summed E-state index contributed by atoms with van der Waals surface area (Å²) >= 11 is 1.28. The number of hydrogen-bond donors (Lipinski definition) is 2. The van der Waals surface area contributed by atoms with Crippen molar-refractivity contribution >= 4 is 39.7 Å². The number of nitrogens with zero attached hydrogens (tertiary/aromatic N) is 1. The van der Waals surface area contributed by atoms with E-state index in [0.29, 0.717) is 30.3 Å². The molecule has 23 heavy (non-hydrogen) atoms. The Balaban J connectivity index is 0.00000264. The topological polar surface area (TPSA) is 92.5 Å². The average molecular weight is 382 g/mol. The highest BCUT2D eigenvalue weighted by Crippen LogP contribution is 2.29. The minimum absolute atomic E-state index is 0. The molecule has 0 saturated carbocycles. The Morgan fingerprint density at radius 2 is 2.17 bits per heavy atom. The molecule has 0 bridgehead atoms. The van der Waals surface area contributed by atoms with Crippen LogP contribution in [0.4, 0.5) is 0 Å². The number of thiophene rings is 1. The third-order valence-electron chi connectivity index (χ3n) is 3.79.